The largest absolute Gasteiger partial charge is 0.349 e. The first-order chi connectivity index (χ1) is 12.3. The lowest BCUT2D eigenvalue weighted by Crippen LogP contribution is -2.70. The maximum absolute atomic E-state index is 14.5. The second-order valence-corrected chi connectivity index (χ2v) is 7.56. The average Bonchev–Trinajstić information content (AvgIpc) is 2.63. The van der Waals surface area contributed by atoms with Crippen LogP contribution in [0.3, 0.4) is 0 Å². The number of hydrogen-bond acceptors (Lipinski definition) is 5. The number of fused-ring (bicyclic) bond motifs is 1. The zero-order valence-electron chi connectivity index (χ0n) is 16.3. The highest BCUT2D eigenvalue weighted by Crippen LogP contribution is 2.43. The Labute approximate surface area is 155 Å². The number of nitrogens with zero attached hydrogens (tertiary/aromatic N) is 1. The highest BCUT2D eigenvalue weighted by molar-refractivity contribution is 5.15. The first-order valence-electron chi connectivity index (χ1n) is 9.18. The summed E-state index contributed by atoms with van der Waals surface area (Å²) in [6.45, 7) is 7.19. The Kier molecular flexibility index (Phi) is 5.70. The Bertz CT molecular complexity index is 601. The van der Waals surface area contributed by atoms with E-state index < -0.39 is 17.7 Å². The van der Waals surface area contributed by atoms with E-state index in [-0.39, 0.29) is 18.1 Å². The summed E-state index contributed by atoms with van der Waals surface area (Å²) >= 11 is 0. The summed E-state index contributed by atoms with van der Waals surface area (Å²) in [6, 6.07) is 10.2. The Balaban J connectivity index is 1.83. The van der Waals surface area contributed by atoms with Gasteiger partial charge in [-0.15, -0.1) is 0 Å². The molecule has 6 atom stereocenters. The van der Waals surface area contributed by atoms with Crippen molar-refractivity contribution in [1.82, 2.24) is 4.90 Å². The molecule has 0 bridgehead atoms. The molecule has 0 aromatic heterocycles. The van der Waals surface area contributed by atoms with Crippen molar-refractivity contribution in [2.75, 3.05) is 27.3 Å². The number of likely N-dealkylation sites (tertiary alicyclic amines) is 1. The fourth-order valence-corrected chi connectivity index (χ4v) is 3.99. The van der Waals surface area contributed by atoms with Gasteiger partial charge in [0.25, 0.3) is 0 Å². The van der Waals surface area contributed by atoms with Crippen molar-refractivity contribution in [1.29, 1.82) is 0 Å². The normalized spacial score (nSPS) is 39.4. The number of piperidine rings is 1. The van der Waals surface area contributed by atoms with Crippen molar-refractivity contribution in [3.8, 4) is 0 Å². The molecule has 1 aromatic carbocycles. The minimum atomic E-state index is -1.10. The number of ether oxygens (including phenoxy) is 4. The van der Waals surface area contributed by atoms with Gasteiger partial charge in [0.2, 0.25) is 11.6 Å². The molecule has 5 nitrogen and oxygen atoms in total. The minimum absolute atomic E-state index is 0.288. The van der Waals surface area contributed by atoms with Crippen molar-refractivity contribution in [2.45, 2.75) is 57.3 Å². The molecule has 2 fully saturated rings. The molecular weight excluding hydrogens is 337 g/mol. The molecule has 0 radical (unpaired) electrons. The SMILES string of the molecule is COC1(C)OC2CN(Cc3ccccc3)C[C@@H](C(C)F)C2OC1(C)OC. The predicted octanol–water partition coefficient (Wildman–Crippen LogP) is 2.99. The molecular formula is C20H30FNO4. The summed E-state index contributed by atoms with van der Waals surface area (Å²) in [5.41, 5.74) is 1.20. The van der Waals surface area contributed by atoms with Gasteiger partial charge in [0.05, 0.1) is 6.10 Å². The molecule has 2 heterocycles. The summed E-state index contributed by atoms with van der Waals surface area (Å²) < 4.78 is 38.2. The Morgan fingerprint density at radius 1 is 1.12 bits per heavy atom. The van der Waals surface area contributed by atoms with E-state index >= 15 is 0 Å². The van der Waals surface area contributed by atoms with Crippen molar-refractivity contribution in [3.05, 3.63) is 35.9 Å². The molecule has 0 aliphatic carbocycles. The van der Waals surface area contributed by atoms with Gasteiger partial charge >= 0.3 is 0 Å². The molecule has 6 heteroatoms. The molecule has 3 rings (SSSR count). The molecule has 2 aliphatic rings. The van der Waals surface area contributed by atoms with Crippen LogP contribution in [0.4, 0.5) is 4.39 Å². The third-order valence-electron chi connectivity index (χ3n) is 5.88. The summed E-state index contributed by atoms with van der Waals surface area (Å²) in [4.78, 5) is 2.23. The number of benzene rings is 1. The van der Waals surface area contributed by atoms with Crippen LogP contribution in [0.2, 0.25) is 0 Å². The fourth-order valence-electron chi connectivity index (χ4n) is 3.99. The quantitative estimate of drug-likeness (QED) is 0.800. The van der Waals surface area contributed by atoms with Gasteiger partial charge in [-0.05, 0) is 26.3 Å². The van der Waals surface area contributed by atoms with Crippen LogP contribution in [-0.4, -0.2) is 62.2 Å². The van der Waals surface area contributed by atoms with Crippen LogP contribution in [0.15, 0.2) is 30.3 Å². The van der Waals surface area contributed by atoms with E-state index in [0.29, 0.717) is 13.1 Å². The second-order valence-electron chi connectivity index (χ2n) is 7.56. The van der Waals surface area contributed by atoms with E-state index in [0.717, 1.165) is 6.54 Å². The number of alkyl halides is 1. The number of rotatable bonds is 5. The lowest BCUT2D eigenvalue weighted by molar-refractivity contribution is -0.458. The maximum Gasteiger partial charge on any atom is 0.220 e. The van der Waals surface area contributed by atoms with Crippen LogP contribution >= 0.6 is 0 Å². The summed E-state index contributed by atoms with van der Waals surface area (Å²) in [5, 5.41) is 0. The van der Waals surface area contributed by atoms with Gasteiger partial charge in [0, 0.05) is 39.8 Å². The van der Waals surface area contributed by atoms with Gasteiger partial charge in [-0.3, -0.25) is 4.90 Å². The van der Waals surface area contributed by atoms with Crippen LogP contribution in [-0.2, 0) is 25.5 Å². The van der Waals surface area contributed by atoms with Crippen LogP contribution in [0.5, 0.6) is 0 Å². The van der Waals surface area contributed by atoms with E-state index in [4.69, 9.17) is 18.9 Å². The highest BCUT2D eigenvalue weighted by atomic mass is 19.1. The van der Waals surface area contributed by atoms with Crippen molar-refractivity contribution >= 4 is 0 Å². The summed E-state index contributed by atoms with van der Waals surface area (Å²) in [5.74, 6) is -2.46. The lowest BCUT2D eigenvalue weighted by Gasteiger charge is -2.56. The lowest BCUT2D eigenvalue weighted by atomic mass is 9.86. The van der Waals surface area contributed by atoms with Crippen LogP contribution in [0.1, 0.15) is 26.3 Å². The monoisotopic (exact) mass is 367 g/mol. The van der Waals surface area contributed by atoms with Crippen LogP contribution in [0.25, 0.3) is 0 Å². The van der Waals surface area contributed by atoms with Crippen molar-refractivity contribution < 1.29 is 23.3 Å². The zero-order valence-corrected chi connectivity index (χ0v) is 16.3. The van der Waals surface area contributed by atoms with E-state index in [2.05, 4.69) is 17.0 Å². The third-order valence-corrected chi connectivity index (χ3v) is 5.88. The molecule has 0 amide bonds. The number of methoxy groups -OCH3 is 2. The van der Waals surface area contributed by atoms with Crippen LogP contribution < -0.4 is 0 Å². The minimum Gasteiger partial charge on any atom is -0.349 e. The van der Waals surface area contributed by atoms with Gasteiger partial charge in [0.1, 0.15) is 12.3 Å². The molecule has 2 saturated heterocycles. The summed E-state index contributed by atoms with van der Waals surface area (Å²) in [6.07, 6.45) is -1.68. The van der Waals surface area contributed by atoms with Gasteiger partial charge in [-0.25, -0.2) is 4.39 Å². The Hall–Kier alpha value is -1.05. The van der Waals surface area contributed by atoms with Crippen molar-refractivity contribution in [3.63, 3.8) is 0 Å². The zero-order chi connectivity index (χ0) is 18.9. The maximum atomic E-state index is 14.5. The summed E-state index contributed by atoms with van der Waals surface area (Å²) in [7, 11) is 3.13. The molecule has 146 valence electrons. The molecule has 26 heavy (non-hydrogen) atoms. The van der Waals surface area contributed by atoms with Gasteiger partial charge < -0.3 is 18.9 Å². The smallest absolute Gasteiger partial charge is 0.220 e. The first kappa shape index (κ1) is 19.7. The highest BCUT2D eigenvalue weighted by Gasteiger charge is 2.59. The van der Waals surface area contributed by atoms with E-state index in [1.165, 1.54) is 5.56 Å². The number of hydrogen-bond donors (Lipinski definition) is 0. The molecule has 0 spiro atoms. The Morgan fingerprint density at radius 2 is 1.73 bits per heavy atom. The molecule has 0 saturated carbocycles. The molecule has 2 aliphatic heterocycles. The predicted molar refractivity (Wildman–Crippen MR) is 96.4 cm³/mol. The van der Waals surface area contributed by atoms with Gasteiger partial charge in [0.15, 0.2) is 0 Å². The van der Waals surface area contributed by atoms with Crippen LogP contribution in [0, 0.1) is 5.92 Å². The fraction of sp³-hybridized carbons (Fsp3) is 0.700. The number of halogens is 1. The van der Waals surface area contributed by atoms with E-state index in [1.54, 1.807) is 35.0 Å². The standard InChI is InChI=1S/C20H30FNO4/c1-14(21)16-12-22(11-15-9-7-6-8-10-15)13-17-18(16)26-20(3,24-5)19(2,23-4)25-17/h6-10,14,16-18H,11-13H2,1-5H3/t14?,16-,17?,18?,19?,20?/m0/s1. The van der Waals surface area contributed by atoms with E-state index in [1.807, 2.05) is 18.2 Å². The Morgan fingerprint density at radius 3 is 2.31 bits per heavy atom. The third kappa shape index (κ3) is 3.53. The van der Waals surface area contributed by atoms with Gasteiger partial charge in [-0.2, -0.15) is 0 Å². The first-order valence-corrected chi connectivity index (χ1v) is 9.18. The molecule has 5 unspecified atom stereocenters. The molecule has 1 aromatic rings. The van der Waals surface area contributed by atoms with E-state index in [9.17, 15) is 4.39 Å². The van der Waals surface area contributed by atoms with Gasteiger partial charge in [-0.1, -0.05) is 30.3 Å². The topological polar surface area (TPSA) is 40.2 Å². The average molecular weight is 367 g/mol. The second kappa shape index (κ2) is 7.52. The molecule has 0 N–H and O–H groups in total. The van der Waals surface area contributed by atoms with Crippen molar-refractivity contribution in [2.24, 2.45) is 5.92 Å².